The zero-order chi connectivity index (χ0) is 24.5. The first-order valence-corrected chi connectivity index (χ1v) is 14.5. The normalized spacial score (nSPS) is 49.5. The Balaban J connectivity index is 1.31. The molecule has 0 aromatic rings. The maximum atomic E-state index is 12.2. The van der Waals surface area contributed by atoms with Gasteiger partial charge in [0.25, 0.3) is 0 Å². The summed E-state index contributed by atoms with van der Waals surface area (Å²) in [5.74, 6) is 4.96. The van der Waals surface area contributed by atoms with Crippen molar-refractivity contribution >= 4 is 5.97 Å². The van der Waals surface area contributed by atoms with Gasteiger partial charge in [-0.15, -0.1) is 0 Å². The molecule has 0 N–H and O–H groups in total. The molecule has 34 heavy (non-hydrogen) atoms. The van der Waals surface area contributed by atoms with Gasteiger partial charge in [0.15, 0.2) is 0 Å². The van der Waals surface area contributed by atoms with Gasteiger partial charge in [-0.05, 0) is 111 Å². The highest BCUT2D eigenvalue weighted by Crippen LogP contribution is 2.82. The van der Waals surface area contributed by atoms with Gasteiger partial charge in [-0.3, -0.25) is 4.79 Å². The Kier molecular flexibility index (Phi) is 6.31. The molecule has 5 aliphatic carbocycles. The van der Waals surface area contributed by atoms with Crippen LogP contribution in [0.3, 0.4) is 0 Å². The van der Waals surface area contributed by atoms with E-state index in [2.05, 4.69) is 39.8 Å². The van der Waals surface area contributed by atoms with Crippen molar-refractivity contribution in [3.05, 3.63) is 12.2 Å². The predicted octanol–water partition coefficient (Wildman–Crippen LogP) is 7.30. The highest BCUT2D eigenvalue weighted by atomic mass is 16.5. The van der Waals surface area contributed by atoms with Gasteiger partial charge in [0.1, 0.15) is 0 Å². The minimum absolute atomic E-state index is 0.0698. The summed E-state index contributed by atoms with van der Waals surface area (Å²) in [6, 6.07) is 0. The fourth-order valence-electron chi connectivity index (χ4n) is 10.6. The standard InChI is InChI=1S/C31H50O3/c1-8-34-28(32)21(4)19(2)9-10-20(3)24-11-12-25-23-17-27(33-7)31-18-22(31)13-16-30(31,6)26(23)14-15-29(24,25)5/h9-10,19-27H,8,11-18H2,1-7H3/b10-9+/t19-,20-,21?,22-,23+,24-,25+,26+,27-,29-,30-,31+/m1/s1. The summed E-state index contributed by atoms with van der Waals surface area (Å²) in [5.41, 5.74) is 1.49. The van der Waals surface area contributed by atoms with Crippen LogP contribution in [-0.4, -0.2) is 25.8 Å². The van der Waals surface area contributed by atoms with Gasteiger partial charge in [-0.2, -0.15) is 0 Å². The van der Waals surface area contributed by atoms with Crippen LogP contribution in [0.1, 0.15) is 92.9 Å². The molecule has 5 rings (SSSR count). The zero-order valence-electron chi connectivity index (χ0n) is 22.9. The Labute approximate surface area is 208 Å². The summed E-state index contributed by atoms with van der Waals surface area (Å²) >= 11 is 0. The maximum Gasteiger partial charge on any atom is 0.309 e. The molecule has 0 bridgehead atoms. The van der Waals surface area contributed by atoms with E-state index in [9.17, 15) is 4.79 Å². The summed E-state index contributed by atoms with van der Waals surface area (Å²) in [7, 11) is 2.00. The second-order valence-electron chi connectivity index (χ2n) is 13.6. The first kappa shape index (κ1) is 24.8. The Morgan fingerprint density at radius 2 is 1.79 bits per heavy atom. The van der Waals surface area contributed by atoms with Gasteiger partial charge in [-0.25, -0.2) is 0 Å². The van der Waals surface area contributed by atoms with Crippen LogP contribution in [0.4, 0.5) is 0 Å². The van der Waals surface area contributed by atoms with Crippen molar-refractivity contribution in [3.63, 3.8) is 0 Å². The van der Waals surface area contributed by atoms with Crippen LogP contribution >= 0.6 is 0 Å². The van der Waals surface area contributed by atoms with Crippen molar-refractivity contribution in [3.8, 4) is 0 Å². The van der Waals surface area contributed by atoms with Crippen LogP contribution < -0.4 is 0 Å². The fourth-order valence-corrected chi connectivity index (χ4v) is 10.6. The highest BCUT2D eigenvalue weighted by molar-refractivity contribution is 5.72. The van der Waals surface area contributed by atoms with Crippen molar-refractivity contribution in [2.75, 3.05) is 13.7 Å². The summed E-state index contributed by atoms with van der Waals surface area (Å²) < 4.78 is 11.5. The first-order valence-electron chi connectivity index (χ1n) is 14.5. The van der Waals surface area contributed by atoms with Gasteiger partial charge in [0, 0.05) is 12.5 Å². The number of carbonyl (C=O) groups excluding carboxylic acids is 1. The van der Waals surface area contributed by atoms with E-state index < -0.39 is 0 Å². The number of allylic oxidation sites excluding steroid dienone is 2. The van der Waals surface area contributed by atoms with Crippen LogP contribution in [0, 0.1) is 63.6 Å². The smallest absolute Gasteiger partial charge is 0.309 e. The molecule has 1 spiro atoms. The van der Waals surface area contributed by atoms with Crippen molar-refractivity contribution in [2.45, 2.75) is 99.0 Å². The SMILES string of the molecule is CCOC(=O)C(C)[C@H](C)/C=C/[C@@H](C)[C@H]1CC[C@H]2[C@@H]3C[C@@H](OC)[C@]45C[C@H]4CC[C@]5(C)[C@H]3CC[C@]12C. The van der Waals surface area contributed by atoms with Crippen LogP contribution in [0.2, 0.25) is 0 Å². The second kappa shape index (κ2) is 8.63. The largest absolute Gasteiger partial charge is 0.466 e. The molecule has 0 saturated heterocycles. The van der Waals surface area contributed by atoms with E-state index in [1.807, 2.05) is 21.0 Å². The molecular weight excluding hydrogens is 420 g/mol. The third-order valence-electron chi connectivity index (χ3n) is 12.7. The Morgan fingerprint density at radius 1 is 1.03 bits per heavy atom. The second-order valence-corrected chi connectivity index (χ2v) is 13.6. The number of rotatable bonds is 7. The third kappa shape index (κ3) is 3.34. The molecule has 0 amide bonds. The minimum Gasteiger partial charge on any atom is -0.466 e. The molecule has 0 aromatic heterocycles. The monoisotopic (exact) mass is 470 g/mol. The molecule has 0 heterocycles. The van der Waals surface area contributed by atoms with E-state index in [1.54, 1.807) is 0 Å². The fraction of sp³-hybridized carbons (Fsp3) is 0.903. The molecule has 5 saturated carbocycles. The van der Waals surface area contributed by atoms with Crippen molar-refractivity contribution in [2.24, 2.45) is 63.6 Å². The van der Waals surface area contributed by atoms with Crippen LogP contribution in [0.15, 0.2) is 12.2 Å². The first-order chi connectivity index (χ1) is 16.1. The molecule has 0 radical (unpaired) electrons. The lowest BCUT2D eigenvalue weighted by atomic mass is 9.45. The lowest BCUT2D eigenvalue weighted by molar-refractivity contribution is -0.160. The number of hydrogen-bond acceptors (Lipinski definition) is 3. The molecular formula is C31H50O3. The molecule has 3 heteroatoms. The molecule has 192 valence electrons. The molecule has 12 atom stereocenters. The lowest BCUT2D eigenvalue weighted by Gasteiger charge is -2.61. The molecule has 5 aliphatic rings. The minimum atomic E-state index is -0.0790. The number of fused-ring (bicyclic) bond motifs is 4. The molecule has 1 unspecified atom stereocenters. The molecule has 0 aromatic carbocycles. The Morgan fingerprint density at radius 3 is 2.47 bits per heavy atom. The summed E-state index contributed by atoms with van der Waals surface area (Å²) in [6.07, 6.45) is 16.5. The zero-order valence-corrected chi connectivity index (χ0v) is 22.9. The van der Waals surface area contributed by atoms with E-state index in [-0.39, 0.29) is 17.8 Å². The number of ether oxygens (including phenoxy) is 2. The Bertz CT molecular complexity index is 819. The van der Waals surface area contributed by atoms with Crippen molar-refractivity contribution < 1.29 is 14.3 Å². The maximum absolute atomic E-state index is 12.2. The van der Waals surface area contributed by atoms with E-state index in [0.717, 1.165) is 29.6 Å². The van der Waals surface area contributed by atoms with Gasteiger partial charge in [0.05, 0.1) is 18.6 Å². The third-order valence-corrected chi connectivity index (χ3v) is 12.7. The van der Waals surface area contributed by atoms with E-state index in [1.165, 1.54) is 51.4 Å². The predicted molar refractivity (Wildman–Crippen MR) is 137 cm³/mol. The number of esters is 1. The van der Waals surface area contributed by atoms with Gasteiger partial charge in [0.2, 0.25) is 0 Å². The topological polar surface area (TPSA) is 35.5 Å². The summed E-state index contributed by atoms with van der Waals surface area (Å²) in [5, 5.41) is 0. The van der Waals surface area contributed by atoms with Gasteiger partial charge >= 0.3 is 5.97 Å². The highest BCUT2D eigenvalue weighted by Gasteiger charge is 2.77. The van der Waals surface area contributed by atoms with Crippen molar-refractivity contribution in [1.29, 1.82) is 0 Å². The van der Waals surface area contributed by atoms with E-state index >= 15 is 0 Å². The van der Waals surface area contributed by atoms with Gasteiger partial charge < -0.3 is 9.47 Å². The average Bonchev–Trinajstić information content (AvgIpc) is 3.32. The van der Waals surface area contributed by atoms with E-state index in [4.69, 9.17) is 9.47 Å². The van der Waals surface area contributed by atoms with Gasteiger partial charge in [-0.1, -0.05) is 46.8 Å². The average molecular weight is 471 g/mol. The summed E-state index contributed by atoms with van der Waals surface area (Å²) in [4.78, 5) is 12.2. The number of hydrogen-bond donors (Lipinski definition) is 0. The lowest BCUT2D eigenvalue weighted by Crippen LogP contribution is -2.57. The van der Waals surface area contributed by atoms with Crippen LogP contribution in [0.25, 0.3) is 0 Å². The Hall–Kier alpha value is -0.830. The molecule has 5 fully saturated rings. The van der Waals surface area contributed by atoms with Crippen LogP contribution in [0.5, 0.6) is 0 Å². The van der Waals surface area contributed by atoms with E-state index in [0.29, 0.717) is 34.9 Å². The van der Waals surface area contributed by atoms with Crippen LogP contribution in [-0.2, 0) is 14.3 Å². The molecule has 0 aliphatic heterocycles. The molecule has 3 nitrogen and oxygen atoms in total. The van der Waals surface area contributed by atoms with Crippen molar-refractivity contribution in [1.82, 2.24) is 0 Å². The summed E-state index contributed by atoms with van der Waals surface area (Å²) in [6.45, 7) is 14.3. The quantitative estimate of drug-likeness (QED) is 0.289. The number of methoxy groups -OCH3 is 1. The number of carbonyl (C=O) groups is 1.